The fourth-order valence-electron chi connectivity index (χ4n) is 1.95. The maximum atomic E-state index is 12.2. The lowest BCUT2D eigenvalue weighted by Crippen LogP contribution is -2.49. The molecule has 6 heteroatoms. The Labute approximate surface area is 105 Å². The maximum absolute atomic E-state index is 12.2. The molecule has 1 saturated heterocycles. The summed E-state index contributed by atoms with van der Waals surface area (Å²) in [6.45, 7) is 1.06. The van der Waals surface area contributed by atoms with E-state index in [0.717, 1.165) is 0 Å². The number of carbonyl (C=O) groups is 2. The maximum Gasteiger partial charge on any atom is 0.336 e. The molecule has 1 fully saturated rings. The van der Waals surface area contributed by atoms with E-state index in [1.807, 2.05) is 19.3 Å². The van der Waals surface area contributed by atoms with Crippen molar-refractivity contribution in [2.45, 2.75) is 6.10 Å². The molecule has 0 aliphatic carbocycles. The summed E-state index contributed by atoms with van der Waals surface area (Å²) < 4.78 is 11.7. The molecular weight excluding hydrogens is 236 g/mol. The Morgan fingerprint density at radius 1 is 1.50 bits per heavy atom. The standard InChI is InChI=1S/C12H16N2O4/c1-13-5-3-4-9(13)11(15)14-6-7-18-10(8-14)12(16)17-2/h3-5,10H,6-8H2,1-2H3. The molecule has 1 aliphatic heterocycles. The minimum atomic E-state index is -0.687. The molecule has 6 nitrogen and oxygen atoms in total. The molecule has 0 bridgehead atoms. The van der Waals surface area contributed by atoms with Gasteiger partial charge in [0.2, 0.25) is 0 Å². The SMILES string of the molecule is COC(=O)C1CN(C(=O)c2cccn2C)CCO1. The Balaban J connectivity index is 2.07. The number of amides is 1. The predicted octanol–water partition coefficient (Wildman–Crippen LogP) is 0.0391. The van der Waals surface area contributed by atoms with Crippen LogP contribution in [0.4, 0.5) is 0 Å². The van der Waals surface area contributed by atoms with Crippen LogP contribution < -0.4 is 0 Å². The van der Waals surface area contributed by atoms with Crippen molar-refractivity contribution in [2.24, 2.45) is 7.05 Å². The summed E-state index contributed by atoms with van der Waals surface area (Å²) >= 11 is 0. The molecule has 1 unspecified atom stereocenters. The summed E-state index contributed by atoms with van der Waals surface area (Å²) in [5.74, 6) is -0.543. The van der Waals surface area contributed by atoms with Gasteiger partial charge in [0.25, 0.3) is 5.91 Å². The Bertz CT molecular complexity index is 455. The van der Waals surface area contributed by atoms with Gasteiger partial charge in [-0.25, -0.2) is 4.79 Å². The van der Waals surface area contributed by atoms with Crippen LogP contribution in [0, 0.1) is 0 Å². The Hall–Kier alpha value is -1.82. The van der Waals surface area contributed by atoms with Crippen LogP contribution in [0.1, 0.15) is 10.5 Å². The summed E-state index contributed by atoms with van der Waals surface area (Å²) in [6, 6.07) is 3.57. The molecule has 1 aromatic heterocycles. The molecule has 2 rings (SSSR count). The lowest BCUT2D eigenvalue weighted by molar-refractivity contribution is -0.158. The third-order valence-electron chi connectivity index (χ3n) is 2.98. The topological polar surface area (TPSA) is 60.8 Å². The first-order valence-corrected chi connectivity index (χ1v) is 5.73. The second kappa shape index (κ2) is 5.22. The highest BCUT2D eigenvalue weighted by atomic mass is 16.6. The number of aryl methyl sites for hydroxylation is 1. The van der Waals surface area contributed by atoms with Crippen LogP contribution in [0.5, 0.6) is 0 Å². The van der Waals surface area contributed by atoms with E-state index in [2.05, 4.69) is 4.74 Å². The van der Waals surface area contributed by atoms with Crippen LogP contribution in [-0.4, -0.2) is 54.3 Å². The lowest BCUT2D eigenvalue weighted by Gasteiger charge is -2.31. The Morgan fingerprint density at radius 3 is 2.89 bits per heavy atom. The van der Waals surface area contributed by atoms with Crippen molar-refractivity contribution in [3.05, 3.63) is 24.0 Å². The highest BCUT2D eigenvalue weighted by Crippen LogP contribution is 2.11. The van der Waals surface area contributed by atoms with Gasteiger partial charge in [0, 0.05) is 19.8 Å². The quantitative estimate of drug-likeness (QED) is 0.697. The number of aromatic nitrogens is 1. The van der Waals surface area contributed by atoms with Gasteiger partial charge in [-0.3, -0.25) is 4.79 Å². The summed E-state index contributed by atoms with van der Waals surface area (Å²) in [4.78, 5) is 25.2. The van der Waals surface area contributed by atoms with Gasteiger partial charge in [-0.15, -0.1) is 0 Å². The van der Waals surface area contributed by atoms with E-state index in [4.69, 9.17) is 4.74 Å². The summed E-state index contributed by atoms with van der Waals surface area (Å²) in [5, 5.41) is 0. The first-order chi connectivity index (χ1) is 8.63. The van der Waals surface area contributed by atoms with Crippen molar-refractivity contribution in [2.75, 3.05) is 26.8 Å². The molecule has 1 aromatic rings. The fraction of sp³-hybridized carbons (Fsp3) is 0.500. The second-order valence-corrected chi connectivity index (χ2v) is 4.14. The van der Waals surface area contributed by atoms with E-state index in [0.29, 0.717) is 18.8 Å². The molecule has 98 valence electrons. The van der Waals surface area contributed by atoms with Gasteiger partial charge in [-0.05, 0) is 12.1 Å². The van der Waals surface area contributed by atoms with Gasteiger partial charge in [0.05, 0.1) is 20.3 Å². The lowest BCUT2D eigenvalue weighted by atomic mass is 10.2. The van der Waals surface area contributed by atoms with Crippen molar-refractivity contribution in [3.8, 4) is 0 Å². The molecule has 18 heavy (non-hydrogen) atoms. The number of hydrogen-bond donors (Lipinski definition) is 0. The van der Waals surface area contributed by atoms with Gasteiger partial charge in [0.1, 0.15) is 5.69 Å². The number of hydrogen-bond acceptors (Lipinski definition) is 4. The minimum absolute atomic E-state index is 0.0975. The van der Waals surface area contributed by atoms with Crippen LogP contribution in [-0.2, 0) is 21.3 Å². The zero-order valence-corrected chi connectivity index (χ0v) is 10.5. The third kappa shape index (κ3) is 2.38. The molecule has 1 aliphatic rings. The van der Waals surface area contributed by atoms with Crippen LogP contribution in [0.3, 0.4) is 0 Å². The molecule has 1 amide bonds. The third-order valence-corrected chi connectivity index (χ3v) is 2.98. The highest BCUT2D eigenvalue weighted by molar-refractivity contribution is 5.93. The smallest absolute Gasteiger partial charge is 0.336 e. The summed E-state index contributed by atoms with van der Waals surface area (Å²) in [7, 11) is 3.12. The zero-order valence-electron chi connectivity index (χ0n) is 10.5. The molecule has 1 atom stereocenters. The number of methoxy groups -OCH3 is 1. The fourth-order valence-corrected chi connectivity index (χ4v) is 1.95. The van der Waals surface area contributed by atoms with E-state index in [-0.39, 0.29) is 12.5 Å². The zero-order chi connectivity index (χ0) is 13.1. The summed E-state index contributed by atoms with van der Waals surface area (Å²) in [5.41, 5.74) is 0.598. The van der Waals surface area contributed by atoms with E-state index < -0.39 is 12.1 Å². The Morgan fingerprint density at radius 2 is 2.28 bits per heavy atom. The van der Waals surface area contributed by atoms with Crippen molar-refractivity contribution < 1.29 is 19.1 Å². The van der Waals surface area contributed by atoms with Crippen molar-refractivity contribution in [3.63, 3.8) is 0 Å². The number of morpholine rings is 1. The van der Waals surface area contributed by atoms with E-state index in [9.17, 15) is 9.59 Å². The first-order valence-electron chi connectivity index (χ1n) is 5.73. The highest BCUT2D eigenvalue weighted by Gasteiger charge is 2.30. The molecular formula is C12H16N2O4. The predicted molar refractivity (Wildman–Crippen MR) is 63.1 cm³/mol. The van der Waals surface area contributed by atoms with Gasteiger partial charge < -0.3 is 18.9 Å². The van der Waals surface area contributed by atoms with Crippen LogP contribution in [0.25, 0.3) is 0 Å². The Kier molecular flexibility index (Phi) is 3.66. The number of carbonyl (C=O) groups excluding carboxylic acids is 2. The normalized spacial score (nSPS) is 19.7. The molecule has 0 saturated carbocycles. The summed E-state index contributed by atoms with van der Waals surface area (Å²) in [6.07, 6.45) is 1.12. The van der Waals surface area contributed by atoms with Gasteiger partial charge >= 0.3 is 5.97 Å². The monoisotopic (exact) mass is 252 g/mol. The van der Waals surface area contributed by atoms with Crippen LogP contribution in [0.2, 0.25) is 0 Å². The van der Waals surface area contributed by atoms with E-state index in [1.54, 1.807) is 15.5 Å². The molecule has 0 radical (unpaired) electrons. The average molecular weight is 252 g/mol. The first kappa shape index (κ1) is 12.6. The van der Waals surface area contributed by atoms with Crippen LogP contribution in [0.15, 0.2) is 18.3 Å². The number of esters is 1. The molecule has 0 N–H and O–H groups in total. The van der Waals surface area contributed by atoms with Gasteiger partial charge in [-0.1, -0.05) is 0 Å². The number of rotatable bonds is 2. The number of nitrogens with zero attached hydrogens (tertiary/aromatic N) is 2. The second-order valence-electron chi connectivity index (χ2n) is 4.14. The average Bonchev–Trinajstić information content (AvgIpc) is 2.83. The minimum Gasteiger partial charge on any atom is -0.467 e. The molecule has 2 heterocycles. The van der Waals surface area contributed by atoms with Crippen molar-refractivity contribution in [1.82, 2.24) is 9.47 Å². The van der Waals surface area contributed by atoms with E-state index in [1.165, 1.54) is 7.11 Å². The molecule has 0 spiro atoms. The number of ether oxygens (including phenoxy) is 2. The van der Waals surface area contributed by atoms with Crippen molar-refractivity contribution >= 4 is 11.9 Å². The molecule has 0 aromatic carbocycles. The van der Waals surface area contributed by atoms with Crippen LogP contribution >= 0.6 is 0 Å². The van der Waals surface area contributed by atoms with Gasteiger partial charge in [0.15, 0.2) is 6.10 Å². The van der Waals surface area contributed by atoms with Crippen molar-refractivity contribution in [1.29, 1.82) is 0 Å². The largest absolute Gasteiger partial charge is 0.467 e. The van der Waals surface area contributed by atoms with Gasteiger partial charge in [-0.2, -0.15) is 0 Å². The van der Waals surface area contributed by atoms with E-state index >= 15 is 0 Å².